The number of ether oxygens (including phenoxy) is 2. The fourth-order valence-electron chi connectivity index (χ4n) is 2.03. The lowest BCUT2D eigenvalue weighted by atomic mass is 10.1. The summed E-state index contributed by atoms with van der Waals surface area (Å²) < 4.78 is 10.6. The number of hydrogen-bond acceptors (Lipinski definition) is 5. The van der Waals surface area contributed by atoms with Gasteiger partial charge in [0.1, 0.15) is 12.4 Å². The zero-order valence-electron chi connectivity index (χ0n) is 13.7. The number of aldehydes is 1. The summed E-state index contributed by atoms with van der Waals surface area (Å²) in [7, 11) is 0. The molecule has 0 aliphatic heterocycles. The Balaban J connectivity index is 2.53. The minimum absolute atomic E-state index is 0.270. The molecule has 0 fully saturated rings. The molecule has 6 nitrogen and oxygen atoms in total. The molecule has 126 valence electrons. The van der Waals surface area contributed by atoms with Crippen LogP contribution in [0.25, 0.3) is 0 Å². The van der Waals surface area contributed by atoms with E-state index in [1.165, 1.54) is 11.8 Å². The summed E-state index contributed by atoms with van der Waals surface area (Å²) in [4.78, 5) is 34.2. The van der Waals surface area contributed by atoms with Crippen LogP contribution in [-0.2, 0) is 30.3 Å². The summed E-state index contributed by atoms with van der Waals surface area (Å²) in [5.74, 6) is -0.352. The first-order chi connectivity index (χ1) is 11.0. The third-order valence-electron chi connectivity index (χ3n) is 3.41. The second-order valence-electron chi connectivity index (χ2n) is 5.23. The van der Waals surface area contributed by atoms with E-state index in [-0.39, 0.29) is 18.2 Å². The van der Waals surface area contributed by atoms with E-state index in [1.54, 1.807) is 25.1 Å². The molecule has 1 aromatic rings. The maximum atomic E-state index is 11.3. The van der Waals surface area contributed by atoms with Crippen LogP contribution in [0.1, 0.15) is 26.3 Å². The largest absolute Gasteiger partial charge is 0.460 e. The average Bonchev–Trinajstić information content (AvgIpc) is 2.51. The van der Waals surface area contributed by atoms with Crippen LogP contribution >= 0.6 is 0 Å². The Bertz CT molecular complexity index is 531. The summed E-state index contributed by atoms with van der Waals surface area (Å²) >= 11 is 0. The van der Waals surface area contributed by atoms with Gasteiger partial charge < -0.3 is 19.2 Å². The fourth-order valence-corrected chi connectivity index (χ4v) is 2.03. The van der Waals surface area contributed by atoms with Crippen molar-refractivity contribution >= 4 is 24.4 Å². The number of amides is 1. The van der Waals surface area contributed by atoms with E-state index in [4.69, 9.17) is 9.47 Å². The van der Waals surface area contributed by atoms with Crippen LogP contribution in [0.15, 0.2) is 24.3 Å². The molecule has 0 N–H and O–H groups in total. The Morgan fingerprint density at radius 2 is 2.00 bits per heavy atom. The molecule has 6 heteroatoms. The minimum Gasteiger partial charge on any atom is -0.460 e. The van der Waals surface area contributed by atoms with Crippen molar-refractivity contribution < 1.29 is 23.9 Å². The number of carbonyl (C=O) groups is 3. The first-order valence-corrected chi connectivity index (χ1v) is 7.51. The highest BCUT2D eigenvalue weighted by atomic mass is 16.6. The van der Waals surface area contributed by atoms with Crippen molar-refractivity contribution in [1.29, 1.82) is 0 Å². The molecule has 0 aliphatic rings. The van der Waals surface area contributed by atoms with Gasteiger partial charge in [0.05, 0.1) is 12.7 Å². The van der Waals surface area contributed by atoms with Crippen molar-refractivity contribution in [3.05, 3.63) is 29.8 Å². The zero-order valence-corrected chi connectivity index (χ0v) is 13.7. The molecule has 23 heavy (non-hydrogen) atoms. The zero-order chi connectivity index (χ0) is 17.2. The predicted molar refractivity (Wildman–Crippen MR) is 86.3 cm³/mol. The van der Waals surface area contributed by atoms with Crippen molar-refractivity contribution in [2.45, 2.75) is 39.4 Å². The van der Waals surface area contributed by atoms with Crippen LogP contribution in [0, 0.1) is 0 Å². The summed E-state index contributed by atoms with van der Waals surface area (Å²) in [6.45, 7) is 5.59. The number of esters is 1. The standard InChI is InChI=1S/C17H23NO5/c1-13(14(2)23-15(3)21)22-10-8-18(12-20)17-6-4-5-16(11-17)7-9-19/h4-6,9,11-14H,7-8,10H2,1-3H3/t13-,14-/m0/s1. The molecule has 0 radical (unpaired) electrons. The Kier molecular flexibility index (Phi) is 7.97. The molecule has 0 bridgehead atoms. The molecule has 0 aliphatic carbocycles. The minimum atomic E-state index is -0.354. The van der Waals surface area contributed by atoms with Gasteiger partial charge in [0.2, 0.25) is 6.41 Å². The number of anilines is 1. The summed E-state index contributed by atoms with van der Waals surface area (Å²) in [6, 6.07) is 7.23. The van der Waals surface area contributed by atoms with E-state index >= 15 is 0 Å². The summed E-state index contributed by atoms with van der Waals surface area (Å²) in [6.07, 6.45) is 1.24. The lowest BCUT2D eigenvalue weighted by molar-refractivity contribution is -0.152. The van der Waals surface area contributed by atoms with Gasteiger partial charge in [-0.15, -0.1) is 0 Å². The smallest absolute Gasteiger partial charge is 0.302 e. The van der Waals surface area contributed by atoms with Gasteiger partial charge in [0.25, 0.3) is 0 Å². The number of rotatable bonds is 10. The van der Waals surface area contributed by atoms with Crippen LogP contribution in [-0.4, -0.2) is 44.0 Å². The van der Waals surface area contributed by atoms with Crippen LogP contribution in [0.2, 0.25) is 0 Å². The van der Waals surface area contributed by atoms with E-state index in [0.717, 1.165) is 18.3 Å². The van der Waals surface area contributed by atoms with E-state index in [1.807, 2.05) is 13.0 Å². The van der Waals surface area contributed by atoms with E-state index in [0.29, 0.717) is 25.3 Å². The SMILES string of the molecule is CC(=O)O[C@@H](C)[C@H](C)OCCN(C=O)c1cccc(CC=O)c1. The predicted octanol–water partition coefficient (Wildman–Crippen LogP) is 1.75. The third-order valence-corrected chi connectivity index (χ3v) is 3.41. The Morgan fingerprint density at radius 3 is 2.61 bits per heavy atom. The van der Waals surface area contributed by atoms with Gasteiger partial charge in [-0.3, -0.25) is 9.59 Å². The van der Waals surface area contributed by atoms with Gasteiger partial charge in [0, 0.05) is 25.6 Å². The van der Waals surface area contributed by atoms with Gasteiger partial charge in [0.15, 0.2) is 0 Å². The molecule has 0 heterocycles. The second-order valence-corrected chi connectivity index (χ2v) is 5.23. The maximum absolute atomic E-state index is 11.3. The molecule has 0 saturated heterocycles. The molecule has 0 aromatic heterocycles. The average molecular weight is 321 g/mol. The molecule has 1 rings (SSSR count). The topological polar surface area (TPSA) is 72.9 Å². The van der Waals surface area contributed by atoms with Crippen molar-refractivity contribution in [2.75, 3.05) is 18.1 Å². The normalized spacial score (nSPS) is 13.0. The van der Waals surface area contributed by atoms with Crippen molar-refractivity contribution in [2.24, 2.45) is 0 Å². The van der Waals surface area contributed by atoms with E-state index in [9.17, 15) is 14.4 Å². The quantitative estimate of drug-likeness (QED) is 0.485. The van der Waals surface area contributed by atoms with Crippen LogP contribution in [0.4, 0.5) is 5.69 Å². The van der Waals surface area contributed by atoms with Crippen LogP contribution < -0.4 is 4.90 Å². The van der Waals surface area contributed by atoms with E-state index in [2.05, 4.69) is 0 Å². The number of nitrogens with zero attached hydrogens (tertiary/aromatic N) is 1. The molecule has 0 unspecified atom stereocenters. The Hall–Kier alpha value is -2.21. The fraction of sp³-hybridized carbons (Fsp3) is 0.471. The number of benzene rings is 1. The lowest BCUT2D eigenvalue weighted by Gasteiger charge is -2.23. The highest BCUT2D eigenvalue weighted by Gasteiger charge is 2.16. The molecule has 0 spiro atoms. The van der Waals surface area contributed by atoms with Gasteiger partial charge in [-0.25, -0.2) is 0 Å². The van der Waals surface area contributed by atoms with Gasteiger partial charge >= 0.3 is 5.97 Å². The number of carbonyl (C=O) groups excluding carboxylic acids is 3. The molecule has 0 saturated carbocycles. The van der Waals surface area contributed by atoms with Crippen molar-refractivity contribution in [3.63, 3.8) is 0 Å². The third kappa shape index (κ3) is 6.61. The Labute approximate surface area is 136 Å². The monoisotopic (exact) mass is 321 g/mol. The Morgan fingerprint density at radius 1 is 1.26 bits per heavy atom. The number of hydrogen-bond donors (Lipinski definition) is 0. The van der Waals surface area contributed by atoms with Crippen LogP contribution in [0.5, 0.6) is 0 Å². The van der Waals surface area contributed by atoms with Crippen LogP contribution in [0.3, 0.4) is 0 Å². The first-order valence-electron chi connectivity index (χ1n) is 7.51. The summed E-state index contributed by atoms with van der Waals surface area (Å²) in [5, 5.41) is 0. The molecule has 1 amide bonds. The molecular weight excluding hydrogens is 298 g/mol. The summed E-state index contributed by atoms with van der Waals surface area (Å²) in [5.41, 5.74) is 1.56. The van der Waals surface area contributed by atoms with E-state index < -0.39 is 0 Å². The van der Waals surface area contributed by atoms with Gasteiger partial charge in [-0.2, -0.15) is 0 Å². The first kappa shape index (κ1) is 18.8. The maximum Gasteiger partial charge on any atom is 0.302 e. The van der Waals surface area contributed by atoms with Crippen molar-refractivity contribution in [1.82, 2.24) is 0 Å². The van der Waals surface area contributed by atoms with Gasteiger partial charge in [-0.05, 0) is 31.5 Å². The van der Waals surface area contributed by atoms with Crippen molar-refractivity contribution in [3.8, 4) is 0 Å². The molecule has 1 aromatic carbocycles. The molecule has 2 atom stereocenters. The highest BCUT2D eigenvalue weighted by molar-refractivity contribution is 5.75. The second kappa shape index (κ2) is 9.74. The molecular formula is C17H23NO5. The highest BCUT2D eigenvalue weighted by Crippen LogP contribution is 2.15. The lowest BCUT2D eigenvalue weighted by Crippen LogP contribution is -2.32. The van der Waals surface area contributed by atoms with Gasteiger partial charge in [-0.1, -0.05) is 12.1 Å².